The van der Waals surface area contributed by atoms with Crippen molar-refractivity contribution in [2.45, 2.75) is 38.0 Å². The third-order valence-electron chi connectivity index (χ3n) is 4.13. The molecule has 18 heavy (non-hydrogen) atoms. The summed E-state index contributed by atoms with van der Waals surface area (Å²) in [5, 5.41) is 5.12. The molecular formula is C14H22N4. The molecule has 0 aliphatic carbocycles. The van der Waals surface area contributed by atoms with Gasteiger partial charge in [-0.25, -0.2) is 10.0 Å². The molecule has 2 saturated heterocycles. The summed E-state index contributed by atoms with van der Waals surface area (Å²) >= 11 is 0. The maximum atomic E-state index is 4.47. The van der Waals surface area contributed by atoms with Crippen LogP contribution in [0.3, 0.4) is 0 Å². The first-order chi connectivity index (χ1) is 8.93. The van der Waals surface area contributed by atoms with E-state index in [0.717, 1.165) is 6.54 Å². The Morgan fingerprint density at radius 3 is 2.56 bits per heavy atom. The second-order valence-electron chi connectivity index (χ2n) is 5.40. The molecule has 0 saturated carbocycles. The normalized spacial score (nSPS) is 27.2. The molecule has 98 valence electrons. The standard InChI is InChI=1S/C14H22N4/c1-2-8-17(9-3-1)18-10-4-5-13(12-18)14-11-15-6-7-16-14/h6-7,11,13H,1-5,8-10,12H2. The number of hydrogen-bond acceptors (Lipinski definition) is 4. The maximum Gasteiger partial charge on any atom is 0.0630 e. The Morgan fingerprint density at radius 2 is 1.78 bits per heavy atom. The van der Waals surface area contributed by atoms with Gasteiger partial charge in [0.05, 0.1) is 5.69 Å². The molecule has 1 atom stereocenters. The fourth-order valence-corrected chi connectivity index (χ4v) is 3.14. The van der Waals surface area contributed by atoms with E-state index in [1.54, 1.807) is 6.20 Å². The fraction of sp³-hybridized carbons (Fsp3) is 0.714. The summed E-state index contributed by atoms with van der Waals surface area (Å²) in [5.41, 5.74) is 1.17. The minimum Gasteiger partial charge on any atom is -0.261 e. The maximum absolute atomic E-state index is 4.47. The molecule has 4 nitrogen and oxygen atoms in total. The van der Waals surface area contributed by atoms with Crippen LogP contribution in [0.4, 0.5) is 0 Å². The Hall–Kier alpha value is -1.00. The van der Waals surface area contributed by atoms with Gasteiger partial charge in [0.1, 0.15) is 0 Å². The highest BCUT2D eigenvalue weighted by Crippen LogP contribution is 2.26. The van der Waals surface area contributed by atoms with Gasteiger partial charge in [-0.1, -0.05) is 6.42 Å². The summed E-state index contributed by atoms with van der Waals surface area (Å²) in [7, 11) is 0. The molecule has 1 aromatic heterocycles. The molecule has 0 bridgehead atoms. The number of hydrogen-bond donors (Lipinski definition) is 0. The van der Waals surface area contributed by atoms with E-state index < -0.39 is 0 Å². The lowest BCUT2D eigenvalue weighted by Gasteiger charge is -2.42. The van der Waals surface area contributed by atoms with Crippen molar-refractivity contribution in [2.75, 3.05) is 26.2 Å². The Bertz CT molecular complexity index is 361. The van der Waals surface area contributed by atoms with Crippen LogP contribution in [0.5, 0.6) is 0 Å². The van der Waals surface area contributed by atoms with Crippen molar-refractivity contribution in [1.29, 1.82) is 0 Å². The lowest BCUT2D eigenvalue weighted by molar-refractivity contribution is -0.0577. The average Bonchev–Trinajstić information content (AvgIpc) is 2.49. The van der Waals surface area contributed by atoms with Crippen LogP contribution in [0.15, 0.2) is 18.6 Å². The summed E-state index contributed by atoms with van der Waals surface area (Å²) in [6.07, 6.45) is 12.1. The van der Waals surface area contributed by atoms with Crippen LogP contribution in [-0.2, 0) is 0 Å². The number of rotatable bonds is 2. The van der Waals surface area contributed by atoms with Crippen molar-refractivity contribution in [2.24, 2.45) is 0 Å². The van der Waals surface area contributed by atoms with Crippen LogP contribution in [0, 0.1) is 0 Å². The molecule has 2 fully saturated rings. The molecule has 0 spiro atoms. The SMILES string of the molecule is c1cnc(C2CCCN(N3CCCCC3)C2)cn1. The van der Waals surface area contributed by atoms with Gasteiger partial charge in [-0.15, -0.1) is 0 Å². The van der Waals surface area contributed by atoms with Crippen LogP contribution >= 0.6 is 0 Å². The van der Waals surface area contributed by atoms with E-state index in [0.29, 0.717) is 5.92 Å². The molecular weight excluding hydrogens is 224 g/mol. The minimum absolute atomic E-state index is 0.564. The van der Waals surface area contributed by atoms with Crippen molar-refractivity contribution in [3.05, 3.63) is 24.3 Å². The van der Waals surface area contributed by atoms with Gasteiger partial charge in [-0.2, -0.15) is 0 Å². The summed E-state index contributed by atoms with van der Waals surface area (Å²) in [5.74, 6) is 0.564. The molecule has 0 amide bonds. The molecule has 0 aromatic carbocycles. The predicted octanol–water partition coefficient (Wildman–Crippen LogP) is 2.06. The van der Waals surface area contributed by atoms with Gasteiger partial charge in [0.25, 0.3) is 0 Å². The zero-order chi connectivity index (χ0) is 12.2. The number of piperidine rings is 2. The average molecular weight is 246 g/mol. The van der Waals surface area contributed by atoms with Crippen LogP contribution in [0.2, 0.25) is 0 Å². The van der Waals surface area contributed by atoms with Crippen LogP contribution in [-0.4, -0.2) is 46.2 Å². The largest absolute Gasteiger partial charge is 0.261 e. The Balaban J connectivity index is 1.64. The second kappa shape index (κ2) is 5.76. The molecule has 3 rings (SSSR count). The first kappa shape index (κ1) is 12.1. The van der Waals surface area contributed by atoms with Gasteiger partial charge < -0.3 is 0 Å². The highest BCUT2D eigenvalue weighted by Gasteiger charge is 2.26. The highest BCUT2D eigenvalue weighted by molar-refractivity contribution is 5.05. The first-order valence-electron chi connectivity index (χ1n) is 7.19. The smallest absolute Gasteiger partial charge is 0.0630 e. The van der Waals surface area contributed by atoms with E-state index in [-0.39, 0.29) is 0 Å². The lowest BCUT2D eigenvalue weighted by atomic mass is 9.96. The Morgan fingerprint density at radius 1 is 0.944 bits per heavy atom. The Kier molecular flexibility index (Phi) is 3.86. The molecule has 0 N–H and O–H groups in total. The predicted molar refractivity (Wildman–Crippen MR) is 71.0 cm³/mol. The number of hydrazine groups is 1. The minimum atomic E-state index is 0.564. The third-order valence-corrected chi connectivity index (χ3v) is 4.13. The zero-order valence-corrected chi connectivity index (χ0v) is 11.0. The first-order valence-corrected chi connectivity index (χ1v) is 7.19. The molecule has 1 aromatic rings. The van der Waals surface area contributed by atoms with Gasteiger partial charge in [-0.05, 0) is 25.7 Å². The molecule has 2 aliphatic rings. The van der Waals surface area contributed by atoms with Gasteiger partial charge in [0.15, 0.2) is 0 Å². The highest BCUT2D eigenvalue weighted by atomic mass is 15.6. The summed E-state index contributed by atoms with van der Waals surface area (Å²) < 4.78 is 0. The van der Waals surface area contributed by atoms with E-state index in [1.807, 2.05) is 12.4 Å². The molecule has 1 unspecified atom stereocenters. The zero-order valence-electron chi connectivity index (χ0n) is 11.0. The molecule has 3 heterocycles. The third kappa shape index (κ3) is 2.70. The fourth-order valence-electron chi connectivity index (χ4n) is 3.14. The van der Waals surface area contributed by atoms with Gasteiger partial charge in [0.2, 0.25) is 0 Å². The van der Waals surface area contributed by atoms with Crippen LogP contribution in [0.1, 0.15) is 43.7 Å². The van der Waals surface area contributed by atoms with Crippen molar-refractivity contribution in [3.63, 3.8) is 0 Å². The van der Waals surface area contributed by atoms with E-state index >= 15 is 0 Å². The van der Waals surface area contributed by atoms with E-state index in [4.69, 9.17) is 0 Å². The van der Waals surface area contributed by atoms with Crippen molar-refractivity contribution < 1.29 is 0 Å². The topological polar surface area (TPSA) is 32.3 Å². The number of nitrogens with zero attached hydrogens (tertiary/aromatic N) is 4. The van der Waals surface area contributed by atoms with Crippen molar-refractivity contribution in [1.82, 2.24) is 20.0 Å². The van der Waals surface area contributed by atoms with E-state index in [2.05, 4.69) is 20.0 Å². The molecule has 2 aliphatic heterocycles. The van der Waals surface area contributed by atoms with E-state index in [9.17, 15) is 0 Å². The number of aromatic nitrogens is 2. The van der Waals surface area contributed by atoms with Crippen molar-refractivity contribution >= 4 is 0 Å². The lowest BCUT2D eigenvalue weighted by Crippen LogP contribution is -2.49. The molecule has 4 heteroatoms. The molecule has 0 radical (unpaired) electrons. The summed E-state index contributed by atoms with van der Waals surface area (Å²) in [6, 6.07) is 0. The monoisotopic (exact) mass is 246 g/mol. The van der Waals surface area contributed by atoms with E-state index in [1.165, 1.54) is 57.4 Å². The second-order valence-corrected chi connectivity index (χ2v) is 5.40. The van der Waals surface area contributed by atoms with Crippen LogP contribution < -0.4 is 0 Å². The van der Waals surface area contributed by atoms with Crippen LogP contribution in [0.25, 0.3) is 0 Å². The van der Waals surface area contributed by atoms with Gasteiger partial charge in [-0.3, -0.25) is 9.97 Å². The summed E-state index contributed by atoms with van der Waals surface area (Å²) in [4.78, 5) is 8.68. The van der Waals surface area contributed by atoms with Gasteiger partial charge in [0, 0.05) is 50.7 Å². The quantitative estimate of drug-likeness (QED) is 0.799. The van der Waals surface area contributed by atoms with Crippen molar-refractivity contribution in [3.8, 4) is 0 Å². The summed E-state index contributed by atoms with van der Waals surface area (Å²) in [6.45, 7) is 4.83. The Labute approximate surface area is 109 Å². The van der Waals surface area contributed by atoms with Gasteiger partial charge >= 0.3 is 0 Å².